The molecular weight excluding hydrogens is 227 g/mol. The quantitative estimate of drug-likeness (QED) is 0.863. The summed E-state index contributed by atoms with van der Waals surface area (Å²) >= 11 is 0. The molecule has 0 fully saturated rings. The van der Waals surface area contributed by atoms with Crippen LogP contribution in [0.2, 0.25) is 0 Å². The van der Waals surface area contributed by atoms with E-state index in [0.717, 1.165) is 6.07 Å². The summed E-state index contributed by atoms with van der Waals surface area (Å²) in [7, 11) is 0. The van der Waals surface area contributed by atoms with Crippen LogP contribution in [0.25, 0.3) is 0 Å². The molecule has 1 rings (SSSR count). The maximum atomic E-state index is 12.6. The molecule has 0 bridgehead atoms. The molecule has 1 nitrogen and oxygen atoms in total. The number of hydrogen-bond acceptors (Lipinski definition) is 1. The van der Waals surface area contributed by atoms with Crippen LogP contribution in [0.15, 0.2) is 18.2 Å². The Morgan fingerprint density at radius 1 is 1.12 bits per heavy atom. The number of aryl methyl sites for hydroxylation is 2. The molecular formula is C13H18F3N. The smallest absolute Gasteiger partial charge is 0.326 e. The van der Waals surface area contributed by atoms with Crippen LogP contribution < -0.4 is 5.73 Å². The number of halogens is 3. The van der Waals surface area contributed by atoms with Gasteiger partial charge in [0.15, 0.2) is 0 Å². The summed E-state index contributed by atoms with van der Waals surface area (Å²) in [6.45, 7) is 5.41. The Labute approximate surface area is 99.8 Å². The molecule has 4 heteroatoms. The highest BCUT2D eigenvalue weighted by Gasteiger charge is 2.30. The minimum absolute atomic E-state index is 0.359. The summed E-state index contributed by atoms with van der Waals surface area (Å²) in [5.41, 5.74) is 6.20. The van der Waals surface area contributed by atoms with E-state index in [2.05, 4.69) is 0 Å². The average molecular weight is 245 g/mol. The highest BCUT2D eigenvalue weighted by atomic mass is 19.4. The minimum Gasteiger partial charge on any atom is -0.326 e. The van der Waals surface area contributed by atoms with Gasteiger partial charge in [0.05, 0.1) is 5.56 Å². The lowest BCUT2D eigenvalue weighted by atomic mass is 9.95. The first-order valence-corrected chi connectivity index (χ1v) is 5.54. The zero-order valence-electron chi connectivity index (χ0n) is 10.4. The maximum absolute atomic E-state index is 12.6. The molecule has 0 atom stereocenters. The van der Waals surface area contributed by atoms with E-state index in [4.69, 9.17) is 5.73 Å². The molecule has 2 N–H and O–H groups in total. The average Bonchev–Trinajstić information content (AvgIpc) is 2.11. The first kappa shape index (κ1) is 14.0. The van der Waals surface area contributed by atoms with Crippen LogP contribution in [0.3, 0.4) is 0 Å². The molecule has 0 spiro atoms. The van der Waals surface area contributed by atoms with Crippen molar-refractivity contribution in [1.29, 1.82) is 0 Å². The van der Waals surface area contributed by atoms with Crippen molar-refractivity contribution in [2.75, 3.05) is 0 Å². The van der Waals surface area contributed by atoms with E-state index in [1.807, 2.05) is 13.8 Å². The first-order chi connectivity index (χ1) is 7.58. The molecule has 0 amide bonds. The lowest BCUT2D eigenvalue weighted by Gasteiger charge is -2.18. The predicted molar refractivity (Wildman–Crippen MR) is 62.8 cm³/mol. The van der Waals surface area contributed by atoms with Crippen LogP contribution in [0.4, 0.5) is 13.2 Å². The standard InChI is InChI=1S/C13H18F3N/c1-9-6-10(4-5-12(2,3)17)8-11(7-9)13(14,15)16/h6-8H,4-5,17H2,1-3H3. The molecule has 0 saturated heterocycles. The number of rotatable bonds is 3. The van der Waals surface area contributed by atoms with Gasteiger partial charge >= 0.3 is 6.18 Å². The third-order valence-corrected chi connectivity index (χ3v) is 2.52. The Morgan fingerprint density at radius 3 is 2.18 bits per heavy atom. The van der Waals surface area contributed by atoms with Gasteiger partial charge in [-0.1, -0.05) is 11.6 Å². The lowest BCUT2D eigenvalue weighted by Crippen LogP contribution is -2.32. The van der Waals surface area contributed by atoms with Gasteiger partial charge in [-0.3, -0.25) is 0 Å². The third-order valence-electron chi connectivity index (χ3n) is 2.52. The molecule has 0 aromatic heterocycles. The Kier molecular flexibility index (Phi) is 3.87. The fraction of sp³-hybridized carbons (Fsp3) is 0.538. The van der Waals surface area contributed by atoms with Crippen molar-refractivity contribution in [2.45, 2.75) is 45.3 Å². The Morgan fingerprint density at radius 2 is 1.71 bits per heavy atom. The molecule has 1 aromatic carbocycles. The van der Waals surface area contributed by atoms with Crippen molar-refractivity contribution >= 4 is 0 Å². The van der Waals surface area contributed by atoms with Crippen LogP contribution >= 0.6 is 0 Å². The van der Waals surface area contributed by atoms with E-state index >= 15 is 0 Å². The van der Waals surface area contributed by atoms with Gasteiger partial charge in [0.2, 0.25) is 0 Å². The molecule has 0 aliphatic rings. The summed E-state index contributed by atoms with van der Waals surface area (Å²) in [5, 5.41) is 0. The van der Waals surface area contributed by atoms with Gasteiger partial charge in [0.25, 0.3) is 0 Å². The normalized spacial score (nSPS) is 12.9. The topological polar surface area (TPSA) is 26.0 Å². The van der Waals surface area contributed by atoms with Crippen molar-refractivity contribution in [2.24, 2.45) is 5.73 Å². The molecule has 17 heavy (non-hydrogen) atoms. The third kappa shape index (κ3) is 4.77. The highest BCUT2D eigenvalue weighted by molar-refractivity contribution is 5.31. The Hall–Kier alpha value is -1.03. The van der Waals surface area contributed by atoms with Gasteiger partial charge in [-0.2, -0.15) is 13.2 Å². The van der Waals surface area contributed by atoms with Crippen molar-refractivity contribution in [3.63, 3.8) is 0 Å². The van der Waals surface area contributed by atoms with E-state index in [9.17, 15) is 13.2 Å². The van der Waals surface area contributed by atoms with Gasteiger partial charge in [0, 0.05) is 5.54 Å². The fourth-order valence-electron chi connectivity index (χ4n) is 1.64. The highest BCUT2D eigenvalue weighted by Crippen LogP contribution is 2.31. The predicted octanol–water partition coefficient (Wildman–Crippen LogP) is 3.68. The minimum atomic E-state index is -4.28. The summed E-state index contributed by atoms with van der Waals surface area (Å²) in [6.07, 6.45) is -3.05. The van der Waals surface area contributed by atoms with Gasteiger partial charge in [0.1, 0.15) is 0 Å². The van der Waals surface area contributed by atoms with E-state index in [1.54, 1.807) is 13.0 Å². The van der Waals surface area contributed by atoms with Crippen LogP contribution in [-0.2, 0) is 12.6 Å². The van der Waals surface area contributed by atoms with Gasteiger partial charge in [-0.25, -0.2) is 0 Å². The number of nitrogens with two attached hydrogens (primary N) is 1. The summed E-state index contributed by atoms with van der Waals surface area (Å²) in [6, 6.07) is 4.15. The summed E-state index contributed by atoms with van der Waals surface area (Å²) in [4.78, 5) is 0. The summed E-state index contributed by atoms with van der Waals surface area (Å²) < 4.78 is 37.8. The van der Waals surface area contributed by atoms with Crippen LogP contribution in [0.1, 0.15) is 37.0 Å². The molecule has 0 heterocycles. The van der Waals surface area contributed by atoms with Gasteiger partial charge < -0.3 is 5.73 Å². The van der Waals surface area contributed by atoms with E-state index < -0.39 is 11.7 Å². The second-order valence-electron chi connectivity index (χ2n) is 5.19. The second-order valence-corrected chi connectivity index (χ2v) is 5.19. The monoisotopic (exact) mass is 245 g/mol. The first-order valence-electron chi connectivity index (χ1n) is 5.54. The molecule has 0 saturated carbocycles. The Bertz CT molecular complexity index is 389. The molecule has 96 valence electrons. The van der Waals surface area contributed by atoms with Gasteiger partial charge in [-0.05, 0) is 51.3 Å². The number of benzene rings is 1. The SMILES string of the molecule is Cc1cc(CCC(C)(C)N)cc(C(F)(F)F)c1. The number of hydrogen-bond donors (Lipinski definition) is 1. The molecule has 0 unspecified atom stereocenters. The lowest BCUT2D eigenvalue weighted by molar-refractivity contribution is -0.137. The van der Waals surface area contributed by atoms with Crippen LogP contribution in [0, 0.1) is 6.92 Å². The largest absolute Gasteiger partial charge is 0.416 e. The van der Waals surface area contributed by atoms with Crippen molar-refractivity contribution < 1.29 is 13.2 Å². The molecule has 0 aliphatic carbocycles. The van der Waals surface area contributed by atoms with Crippen LogP contribution in [0.5, 0.6) is 0 Å². The van der Waals surface area contributed by atoms with Crippen molar-refractivity contribution in [3.05, 3.63) is 34.9 Å². The molecule has 0 radical (unpaired) electrons. The van der Waals surface area contributed by atoms with Crippen LogP contribution in [-0.4, -0.2) is 5.54 Å². The van der Waals surface area contributed by atoms with E-state index in [1.165, 1.54) is 6.07 Å². The van der Waals surface area contributed by atoms with E-state index in [-0.39, 0.29) is 5.54 Å². The second kappa shape index (κ2) is 4.69. The maximum Gasteiger partial charge on any atom is 0.416 e. The molecule has 1 aromatic rings. The van der Waals surface area contributed by atoms with Gasteiger partial charge in [-0.15, -0.1) is 0 Å². The Balaban J connectivity index is 2.91. The van der Waals surface area contributed by atoms with Crippen molar-refractivity contribution in [3.8, 4) is 0 Å². The number of alkyl halides is 3. The molecule has 0 aliphatic heterocycles. The zero-order chi connectivity index (χ0) is 13.3. The zero-order valence-corrected chi connectivity index (χ0v) is 10.4. The summed E-state index contributed by atoms with van der Waals surface area (Å²) in [5.74, 6) is 0. The van der Waals surface area contributed by atoms with Crippen molar-refractivity contribution in [1.82, 2.24) is 0 Å². The fourth-order valence-corrected chi connectivity index (χ4v) is 1.64. The van der Waals surface area contributed by atoms with E-state index in [0.29, 0.717) is 24.0 Å².